The average Bonchev–Trinajstić information content (AvgIpc) is 2.60. The molecule has 0 aliphatic rings. The first-order valence-electron chi connectivity index (χ1n) is 4.22. The Morgan fingerprint density at radius 3 is 2.93 bits per heavy atom. The molecular formula is C8H12F2N2O2. The predicted molar refractivity (Wildman–Crippen MR) is 45.0 cm³/mol. The van der Waals surface area contributed by atoms with E-state index in [-0.39, 0.29) is 13.2 Å². The van der Waals surface area contributed by atoms with Gasteiger partial charge in [-0.25, -0.2) is 13.8 Å². The zero-order chi connectivity index (χ0) is 10.4. The van der Waals surface area contributed by atoms with Crippen molar-refractivity contribution in [1.29, 1.82) is 0 Å². The number of ether oxygens (including phenoxy) is 1. The second-order valence-electron chi connectivity index (χ2n) is 2.73. The summed E-state index contributed by atoms with van der Waals surface area (Å²) in [5, 5.41) is 8.69. The van der Waals surface area contributed by atoms with E-state index >= 15 is 0 Å². The van der Waals surface area contributed by atoms with Crippen molar-refractivity contribution >= 4 is 0 Å². The van der Waals surface area contributed by atoms with Crippen LogP contribution in [0.25, 0.3) is 0 Å². The lowest BCUT2D eigenvalue weighted by molar-refractivity contribution is 0.0183. The van der Waals surface area contributed by atoms with Crippen LogP contribution in [0.5, 0.6) is 0 Å². The lowest BCUT2D eigenvalue weighted by Gasteiger charge is -2.00. The van der Waals surface area contributed by atoms with Gasteiger partial charge in [0.15, 0.2) is 0 Å². The van der Waals surface area contributed by atoms with Gasteiger partial charge in [0.2, 0.25) is 0 Å². The smallest absolute Gasteiger partial charge is 0.261 e. The quantitative estimate of drug-likeness (QED) is 0.674. The van der Waals surface area contributed by atoms with Crippen LogP contribution in [0, 0.1) is 0 Å². The van der Waals surface area contributed by atoms with Crippen LogP contribution in [-0.2, 0) is 17.8 Å². The first kappa shape index (κ1) is 11.1. The molecular weight excluding hydrogens is 194 g/mol. The van der Waals surface area contributed by atoms with Crippen molar-refractivity contribution in [2.75, 3.05) is 13.2 Å². The van der Waals surface area contributed by atoms with Gasteiger partial charge in [0.05, 0.1) is 25.1 Å². The van der Waals surface area contributed by atoms with Crippen LogP contribution in [-0.4, -0.2) is 34.7 Å². The molecule has 1 heterocycles. The number of aliphatic hydroxyl groups excluding tert-OH is 1. The number of hydrogen-bond donors (Lipinski definition) is 2. The molecule has 1 aromatic heterocycles. The molecule has 0 amide bonds. The molecule has 0 radical (unpaired) electrons. The van der Waals surface area contributed by atoms with Crippen molar-refractivity contribution in [1.82, 2.24) is 9.97 Å². The number of halogens is 2. The molecule has 0 aliphatic heterocycles. The number of H-pyrrole nitrogens is 1. The third-order valence-corrected chi connectivity index (χ3v) is 1.58. The Kier molecular flexibility index (Phi) is 4.48. The average molecular weight is 206 g/mol. The Balaban J connectivity index is 2.18. The minimum atomic E-state index is -2.43. The first-order chi connectivity index (χ1) is 6.72. The third-order valence-electron chi connectivity index (χ3n) is 1.58. The fourth-order valence-electron chi connectivity index (χ4n) is 0.954. The highest BCUT2D eigenvalue weighted by molar-refractivity contribution is 4.99. The molecule has 14 heavy (non-hydrogen) atoms. The number of hydrogen-bond acceptors (Lipinski definition) is 3. The van der Waals surface area contributed by atoms with Crippen molar-refractivity contribution < 1.29 is 18.6 Å². The summed E-state index contributed by atoms with van der Waals surface area (Å²) >= 11 is 0. The van der Waals surface area contributed by atoms with Crippen LogP contribution in [0.1, 0.15) is 11.5 Å². The highest BCUT2D eigenvalue weighted by Gasteiger charge is 2.03. The van der Waals surface area contributed by atoms with Crippen molar-refractivity contribution in [3.8, 4) is 0 Å². The highest BCUT2D eigenvalue weighted by atomic mass is 19.3. The maximum atomic E-state index is 11.6. The van der Waals surface area contributed by atoms with Gasteiger partial charge in [0.1, 0.15) is 12.4 Å². The first-order valence-corrected chi connectivity index (χ1v) is 4.22. The summed E-state index contributed by atoms with van der Waals surface area (Å²) in [6.45, 7) is -0.457. The Bertz CT molecular complexity index is 266. The van der Waals surface area contributed by atoms with E-state index in [9.17, 15) is 8.78 Å². The van der Waals surface area contributed by atoms with E-state index in [1.165, 1.54) is 6.20 Å². The molecule has 0 aliphatic carbocycles. The molecule has 0 saturated heterocycles. The maximum Gasteiger partial charge on any atom is 0.261 e. The van der Waals surface area contributed by atoms with Crippen LogP contribution in [0.15, 0.2) is 6.20 Å². The molecule has 0 saturated carbocycles. The van der Waals surface area contributed by atoms with Crippen LogP contribution in [0.4, 0.5) is 8.78 Å². The van der Waals surface area contributed by atoms with Gasteiger partial charge in [0, 0.05) is 6.42 Å². The summed E-state index contributed by atoms with van der Waals surface area (Å²) in [4.78, 5) is 6.74. The van der Waals surface area contributed by atoms with Crippen LogP contribution < -0.4 is 0 Å². The SMILES string of the molecule is OCc1cnc(CCOCC(F)F)[nH]1. The van der Waals surface area contributed by atoms with Gasteiger partial charge in [0.25, 0.3) is 6.43 Å². The fraction of sp³-hybridized carbons (Fsp3) is 0.625. The van der Waals surface area contributed by atoms with E-state index in [4.69, 9.17) is 5.11 Å². The molecule has 0 spiro atoms. The second kappa shape index (κ2) is 5.66. The van der Waals surface area contributed by atoms with E-state index in [2.05, 4.69) is 14.7 Å². The molecule has 80 valence electrons. The predicted octanol–water partition coefficient (Wildman–Crippen LogP) is 0.726. The van der Waals surface area contributed by atoms with Crippen LogP contribution >= 0.6 is 0 Å². The molecule has 0 fully saturated rings. The van der Waals surface area contributed by atoms with Crippen molar-refractivity contribution in [2.24, 2.45) is 0 Å². The van der Waals surface area contributed by atoms with Crippen molar-refractivity contribution in [3.63, 3.8) is 0 Å². The summed E-state index contributed by atoms with van der Waals surface area (Å²) in [5.41, 5.74) is 0.605. The van der Waals surface area contributed by atoms with Gasteiger partial charge in [-0.05, 0) is 0 Å². The topological polar surface area (TPSA) is 58.1 Å². The molecule has 0 bridgehead atoms. The maximum absolute atomic E-state index is 11.6. The van der Waals surface area contributed by atoms with E-state index in [1.807, 2.05) is 0 Å². The Hall–Kier alpha value is -1.01. The molecule has 1 aromatic rings. The van der Waals surface area contributed by atoms with E-state index in [1.54, 1.807) is 0 Å². The summed E-state index contributed by atoms with van der Waals surface area (Å²) in [7, 11) is 0. The number of imidazole rings is 1. The number of aliphatic hydroxyl groups is 1. The summed E-state index contributed by atoms with van der Waals surface area (Å²) in [5.74, 6) is 0.628. The van der Waals surface area contributed by atoms with Gasteiger partial charge in [-0.1, -0.05) is 0 Å². The number of alkyl halides is 2. The molecule has 0 atom stereocenters. The Morgan fingerprint density at radius 2 is 2.36 bits per heavy atom. The number of aromatic amines is 1. The summed E-state index contributed by atoms with van der Waals surface area (Å²) in [6, 6.07) is 0. The molecule has 4 nitrogen and oxygen atoms in total. The minimum absolute atomic E-state index is 0.106. The van der Waals surface area contributed by atoms with Crippen molar-refractivity contribution in [2.45, 2.75) is 19.5 Å². The molecule has 2 N–H and O–H groups in total. The standard InChI is InChI=1S/C8H12F2N2O2/c9-7(10)5-14-2-1-8-11-3-6(4-13)12-8/h3,7,13H,1-2,4-5H2,(H,11,12). The van der Waals surface area contributed by atoms with Gasteiger partial charge in [-0.3, -0.25) is 0 Å². The normalized spacial score (nSPS) is 11.1. The van der Waals surface area contributed by atoms with E-state index in [0.29, 0.717) is 17.9 Å². The number of nitrogens with one attached hydrogen (secondary N) is 1. The Labute approximate surface area is 79.9 Å². The summed E-state index contributed by atoms with van der Waals surface area (Å²) < 4.78 is 27.9. The highest BCUT2D eigenvalue weighted by Crippen LogP contribution is 1.99. The van der Waals surface area contributed by atoms with Gasteiger partial charge in [-0.2, -0.15) is 0 Å². The zero-order valence-electron chi connectivity index (χ0n) is 7.54. The van der Waals surface area contributed by atoms with Crippen LogP contribution in [0.2, 0.25) is 0 Å². The molecule has 6 heteroatoms. The van der Waals surface area contributed by atoms with Gasteiger partial charge >= 0.3 is 0 Å². The lowest BCUT2D eigenvalue weighted by Crippen LogP contribution is -2.07. The van der Waals surface area contributed by atoms with Gasteiger partial charge in [-0.15, -0.1) is 0 Å². The third kappa shape index (κ3) is 3.80. The number of aromatic nitrogens is 2. The van der Waals surface area contributed by atoms with Crippen LogP contribution in [0.3, 0.4) is 0 Å². The molecule has 1 rings (SSSR count). The lowest BCUT2D eigenvalue weighted by atomic mass is 10.4. The Morgan fingerprint density at radius 1 is 1.57 bits per heavy atom. The largest absolute Gasteiger partial charge is 0.390 e. The van der Waals surface area contributed by atoms with E-state index < -0.39 is 13.0 Å². The van der Waals surface area contributed by atoms with Crippen molar-refractivity contribution in [3.05, 3.63) is 17.7 Å². The van der Waals surface area contributed by atoms with Gasteiger partial charge < -0.3 is 14.8 Å². The minimum Gasteiger partial charge on any atom is -0.390 e. The zero-order valence-corrected chi connectivity index (χ0v) is 7.54. The molecule has 0 unspecified atom stereocenters. The summed E-state index contributed by atoms with van der Waals surface area (Å²) in [6.07, 6.45) is -0.491. The molecule has 0 aromatic carbocycles. The van der Waals surface area contributed by atoms with E-state index in [0.717, 1.165) is 0 Å². The number of rotatable bonds is 6. The fourth-order valence-corrected chi connectivity index (χ4v) is 0.954. The number of nitrogens with zero attached hydrogens (tertiary/aromatic N) is 1. The monoisotopic (exact) mass is 206 g/mol. The second-order valence-corrected chi connectivity index (χ2v) is 2.73.